The monoisotopic (exact) mass is 228 g/mol. The van der Waals surface area contributed by atoms with Crippen LogP contribution in [0.25, 0.3) is 0 Å². The molecule has 0 bridgehead atoms. The Morgan fingerprint density at radius 1 is 1.23 bits per heavy atom. The normalized spacial score (nSPS) is 10.2. The van der Waals surface area contributed by atoms with Crippen LogP contribution < -0.4 is 29.7 Å². The maximum atomic E-state index is 3.75. The van der Waals surface area contributed by atoms with Gasteiger partial charge in [-0.25, -0.2) is 0 Å². The van der Waals surface area contributed by atoms with Crippen LogP contribution >= 0.6 is 0 Å². The Bertz CT molecular complexity index is 125. The third-order valence-corrected chi connectivity index (χ3v) is 1.84. The predicted molar refractivity (Wildman–Crippen MR) is 49.7 cm³/mol. The van der Waals surface area contributed by atoms with E-state index in [1.807, 2.05) is 6.08 Å². The number of halogens is 2. The zero-order valence-corrected chi connectivity index (χ0v) is 10.6. The Kier molecular flexibility index (Phi) is 12.8. The summed E-state index contributed by atoms with van der Waals surface area (Å²) in [6, 6.07) is 0. The number of quaternary nitrogens is 2. The molecule has 0 amide bonds. The first-order valence-corrected chi connectivity index (χ1v) is 4.20. The number of nitrogens with zero attached hydrogens (tertiary/aromatic N) is 1. The summed E-state index contributed by atoms with van der Waals surface area (Å²) in [5, 5.41) is 0. The summed E-state index contributed by atoms with van der Waals surface area (Å²) in [6.45, 7) is 7.25. The van der Waals surface area contributed by atoms with Crippen molar-refractivity contribution in [3.63, 3.8) is 0 Å². The molecule has 1 N–H and O–H groups in total. The number of hydrogen-bond acceptors (Lipinski definition) is 0. The highest BCUT2D eigenvalue weighted by Crippen LogP contribution is 1.93. The Morgan fingerprint density at radius 3 is 2.00 bits per heavy atom. The molecule has 0 unspecified atom stereocenters. The van der Waals surface area contributed by atoms with Gasteiger partial charge in [0.25, 0.3) is 0 Å². The van der Waals surface area contributed by atoms with Crippen LogP contribution in [0.1, 0.15) is 0 Å². The first-order chi connectivity index (χ1) is 4.98. The Balaban J connectivity index is -0.000000500. The lowest BCUT2D eigenvalue weighted by Gasteiger charge is -2.28. The van der Waals surface area contributed by atoms with E-state index in [-0.39, 0.29) is 24.8 Å². The van der Waals surface area contributed by atoms with Gasteiger partial charge >= 0.3 is 0 Å². The fourth-order valence-electron chi connectivity index (χ4n) is 0.967. The zero-order valence-electron chi connectivity index (χ0n) is 9.11. The van der Waals surface area contributed by atoms with E-state index in [0.29, 0.717) is 0 Å². The van der Waals surface area contributed by atoms with Crippen LogP contribution in [0.15, 0.2) is 12.7 Å². The van der Waals surface area contributed by atoms with Gasteiger partial charge in [0.05, 0.1) is 34.7 Å². The van der Waals surface area contributed by atoms with E-state index in [1.165, 1.54) is 18.0 Å². The summed E-state index contributed by atoms with van der Waals surface area (Å²) in [5.41, 5.74) is 0. The van der Waals surface area contributed by atoms with Crippen LogP contribution in [0, 0.1) is 0 Å². The highest BCUT2D eigenvalue weighted by molar-refractivity contribution is 4.64. The van der Waals surface area contributed by atoms with Gasteiger partial charge in [-0.15, -0.1) is 0 Å². The molecule has 0 fully saturated rings. The molecule has 0 aliphatic heterocycles. The van der Waals surface area contributed by atoms with E-state index >= 15 is 0 Å². The number of hydrogen-bond donors (Lipinski definition) is 1. The van der Waals surface area contributed by atoms with Crippen molar-refractivity contribution in [1.82, 2.24) is 0 Å². The summed E-state index contributed by atoms with van der Waals surface area (Å²) in [6.07, 6.45) is 1.99. The van der Waals surface area contributed by atoms with Gasteiger partial charge in [0, 0.05) is 0 Å². The van der Waals surface area contributed by atoms with Crippen molar-refractivity contribution in [2.24, 2.45) is 0 Å². The Morgan fingerprint density at radius 2 is 1.69 bits per heavy atom. The van der Waals surface area contributed by atoms with E-state index in [9.17, 15) is 0 Å². The van der Waals surface area contributed by atoms with Crippen molar-refractivity contribution in [3.8, 4) is 0 Å². The van der Waals surface area contributed by atoms with Crippen molar-refractivity contribution in [3.05, 3.63) is 12.7 Å². The highest BCUT2D eigenvalue weighted by atomic mass is 35.5. The molecule has 0 heterocycles. The fraction of sp³-hybridized carbons (Fsp3) is 0.778. The zero-order chi connectivity index (χ0) is 8.91. The van der Waals surface area contributed by atoms with Crippen LogP contribution in [0.3, 0.4) is 0 Å². The lowest BCUT2D eigenvalue weighted by molar-refractivity contribution is -0.931. The molecule has 13 heavy (non-hydrogen) atoms. The minimum absolute atomic E-state index is 0. The van der Waals surface area contributed by atoms with Gasteiger partial charge in [-0.1, -0.05) is 6.58 Å². The number of likely N-dealkylation sites (N-methyl/N-ethyl adjacent to an activating group) is 2. The lowest BCUT2D eigenvalue weighted by Crippen LogP contribution is -3.06. The summed E-state index contributed by atoms with van der Waals surface area (Å²) in [5.74, 6) is 0. The molecule has 0 aromatic heterocycles. The average molecular weight is 229 g/mol. The van der Waals surface area contributed by atoms with Gasteiger partial charge in [-0.05, 0) is 6.08 Å². The van der Waals surface area contributed by atoms with Gasteiger partial charge in [-0.3, -0.25) is 0 Å². The van der Waals surface area contributed by atoms with Gasteiger partial charge in [0.1, 0.15) is 13.1 Å². The van der Waals surface area contributed by atoms with Crippen LogP contribution in [0.5, 0.6) is 0 Å². The second-order valence-electron chi connectivity index (χ2n) is 4.09. The molecule has 0 aliphatic carbocycles. The topological polar surface area (TPSA) is 4.44 Å². The average Bonchev–Trinajstić information content (AvgIpc) is 1.84. The van der Waals surface area contributed by atoms with Gasteiger partial charge in [-0.2, -0.15) is 0 Å². The molecule has 0 saturated heterocycles. The molecule has 0 atom stereocenters. The minimum Gasteiger partial charge on any atom is -1.00 e. The quantitative estimate of drug-likeness (QED) is 0.353. The van der Waals surface area contributed by atoms with Crippen LogP contribution in [-0.4, -0.2) is 52.3 Å². The van der Waals surface area contributed by atoms with Crippen molar-refractivity contribution >= 4 is 0 Å². The number of rotatable bonds is 5. The smallest absolute Gasteiger partial charge is 0.128 e. The summed E-state index contributed by atoms with van der Waals surface area (Å²) in [7, 11) is 8.86. The van der Waals surface area contributed by atoms with Crippen LogP contribution in [0.4, 0.5) is 0 Å². The largest absolute Gasteiger partial charge is 1.00 e. The summed E-state index contributed by atoms with van der Waals surface area (Å²) >= 11 is 0. The van der Waals surface area contributed by atoms with Gasteiger partial charge in [0.2, 0.25) is 0 Å². The Hall–Kier alpha value is 0.240. The van der Waals surface area contributed by atoms with E-state index in [0.717, 1.165) is 11.0 Å². The Labute approximate surface area is 95.0 Å². The van der Waals surface area contributed by atoms with Crippen molar-refractivity contribution in [2.45, 2.75) is 0 Å². The molecule has 2 nitrogen and oxygen atoms in total. The minimum atomic E-state index is 0. The van der Waals surface area contributed by atoms with Crippen LogP contribution in [-0.2, 0) is 0 Å². The molecule has 0 rings (SSSR count). The second-order valence-corrected chi connectivity index (χ2v) is 4.09. The van der Waals surface area contributed by atoms with Crippen molar-refractivity contribution < 1.29 is 34.2 Å². The molecule has 0 aromatic rings. The van der Waals surface area contributed by atoms with Crippen LogP contribution in [0.2, 0.25) is 0 Å². The van der Waals surface area contributed by atoms with E-state index in [4.69, 9.17) is 0 Å². The molecule has 0 aliphatic rings. The first kappa shape index (κ1) is 18.9. The molecule has 82 valence electrons. The van der Waals surface area contributed by atoms with Crippen molar-refractivity contribution in [2.75, 3.05) is 47.8 Å². The molecular formula is C9H22Cl2N2. The van der Waals surface area contributed by atoms with Crippen molar-refractivity contribution in [1.29, 1.82) is 0 Å². The van der Waals surface area contributed by atoms with Gasteiger partial charge < -0.3 is 34.2 Å². The molecule has 0 aromatic carbocycles. The maximum Gasteiger partial charge on any atom is 0.128 e. The SMILES string of the molecule is C=CC[N+](C)(C)CC[NH+](C)C.[Cl-].[Cl-]. The fourth-order valence-corrected chi connectivity index (χ4v) is 0.967. The standard InChI is InChI=1S/C9H21N2.2ClH/c1-6-8-11(4,5)9-7-10(2)3;;/h6H,1,7-9H2,2-5H3;2*1H/q+1;;/p-1. The summed E-state index contributed by atoms with van der Waals surface area (Å²) < 4.78 is 1.05. The molecule has 0 spiro atoms. The first-order valence-electron chi connectivity index (χ1n) is 4.20. The molecule has 0 saturated carbocycles. The van der Waals surface area contributed by atoms with E-state index in [1.54, 1.807) is 0 Å². The molecule has 0 radical (unpaired) electrons. The van der Waals surface area contributed by atoms with E-state index in [2.05, 4.69) is 34.8 Å². The summed E-state index contributed by atoms with van der Waals surface area (Å²) in [4.78, 5) is 1.51. The third kappa shape index (κ3) is 12.2. The number of nitrogens with one attached hydrogen (secondary N) is 1. The highest BCUT2D eigenvalue weighted by Gasteiger charge is 2.13. The second kappa shape index (κ2) is 8.82. The maximum absolute atomic E-state index is 3.75. The molecule has 4 heteroatoms. The third-order valence-electron chi connectivity index (χ3n) is 1.84. The predicted octanol–water partition coefficient (Wildman–Crippen LogP) is -6.60. The van der Waals surface area contributed by atoms with E-state index < -0.39 is 0 Å². The molecular weight excluding hydrogens is 207 g/mol. The van der Waals surface area contributed by atoms with Gasteiger partial charge in [0.15, 0.2) is 0 Å². The lowest BCUT2D eigenvalue weighted by atomic mass is 10.4.